The molecule has 0 spiro atoms. The molecule has 0 aromatic carbocycles. The van der Waals surface area contributed by atoms with Gasteiger partial charge in [0.05, 0.1) is 23.2 Å². The summed E-state index contributed by atoms with van der Waals surface area (Å²) in [5.41, 5.74) is 0. The molecular weight excluding hydrogens is 314 g/mol. The summed E-state index contributed by atoms with van der Waals surface area (Å²) in [5.74, 6) is 0.783. The van der Waals surface area contributed by atoms with Crippen LogP contribution in [-0.4, -0.2) is 59.8 Å². The molecule has 2 saturated heterocycles. The minimum Gasteiger partial charge on any atom is -0.416 e. The van der Waals surface area contributed by atoms with Crippen molar-refractivity contribution in [3.8, 4) is 0 Å². The Morgan fingerprint density at radius 2 is 2.10 bits per heavy atom. The first-order chi connectivity index (χ1) is 10.0. The zero-order chi connectivity index (χ0) is 14.9. The van der Waals surface area contributed by atoms with Crippen LogP contribution in [0.2, 0.25) is 0 Å². The van der Waals surface area contributed by atoms with E-state index in [2.05, 4.69) is 10.2 Å². The van der Waals surface area contributed by atoms with Gasteiger partial charge in [0, 0.05) is 13.1 Å². The highest BCUT2D eigenvalue weighted by atomic mass is 32.2. The number of aromatic nitrogens is 2. The Kier molecular flexibility index (Phi) is 4.21. The van der Waals surface area contributed by atoms with Crippen molar-refractivity contribution in [2.75, 3.05) is 30.3 Å². The second kappa shape index (κ2) is 5.96. The van der Waals surface area contributed by atoms with Gasteiger partial charge in [0.1, 0.15) is 0 Å². The van der Waals surface area contributed by atoms with Crippen LogP contribution in [-0.2, 0) is 14.6 Å². The summed E-state index contributed by atoms with van der Waals surface area (Å²) in [6, 6.07) is 0. The Balaban J connectivity index is 1.54. The molecule has 116 valence electrons. The normalized spacial score (nSPS) is 24.6. The van der Waals surface area contributed by atoms with E-state index in [1.807, 2.05) is 4.90 Å². The molecule has 21 heavy (non-hydrogen) atoms. The third-order valence-corrected chi connectivity index (χ3v) is 6.35. The van der Waals surface area contributed by atoms with Crippen molar-refractivity contribution in [2.24, 2.45) is 0 Å². The summed E-state index contributed by atoms with van der Waals surface area (Å²) in [5, 5.41) is 8.14. The van der Waals surface area contributed by atoms with Crippen LogP contribution in [0.5, 0.6) is 0 Å². The molecule has 2 fully saturated rings. The van der Waals surface area contributed by atoms with Gasteiger partial charge >= 0.3 is 0 Å². The maximum absolute atomic E-state index is 11.9. The Morgan fingerprint density at radius 1 is 1.33 bits per heavy atom. The molecule has 9 heteroatoms. The van der Waals surface area contributed by atoms with Gasteiger partial charge in [0.2, 0.25) is 11.8 Å². The SMILES string of the molecule is O=C(CSc1nnc([C@H]2CCS(=O)(=O)C2)o1)N1CCCC1. The van der Waals surface area contributed by atoms with Gasteiger partial charge in [-0.05, 0) is 19.3 Å². The van der Waals surface area contributed by atoms with Gasteiger partial charge in [0.25, 0.3) is 5.22 Å². The maximum atomic E-state index is 11.9. The number of carbonyl (C=O) groups excluding carboxylic acids is 1. The van der Waals surface area contributed by atoms with Crippen LogP contribution in [0.4, 0.5) is 0 Å². The molecular formula is C12H17N3O4S2. The summed E-state index contributed by atoms with van der Waals surface area (Å²) in [6.07, 6.45) is 2.66. The van der Waals surface area contributed by atoms with Crippen LogP contribution in [0.15, 0.2) is 9.64 Å². The molecule has 1 aromatic heterocycles. The third kappa shape index (κ3) is 3.57. The lowest BCUT2D eigenvalue weighted by molar-refractivity contribution is -0.127. The van der Waals surface area contributed by atoms with E-state index in [0.717, 1.165) is 25.9 Å². The van der Waals surface area contributed by atoms with Gasteiger partial charge in [-0.25, -0.2) is 8.42 Å². The van der Waals surface area contributed by atoms with Crippen LogP contribution in [0.3, 0.4) is 0 Å². The molecule has 0 saturated carbocycles. The largest absolute Gasteiger partial charge is 0.416 e. The van der Waals surface area contributed by atoms with E-state index in [1.165, 1.54) is 11.8 Å². The topological polar surface area (TPSA) is 93.4 Å². The average Bonchev–Trinajstić information content (AvgIpc) is 3.15. The van der Waals surface area contributed by atoms with Gasteiger partial charge in [-0.15, -0.1) is 10.2 Å². The van der Waals surface area contributed by atoms with E-state index >= 15 is 0 Å². The lowest BCUT2D eigenvalue weighted by atomic mass is 10.1. The van der Waals surface area contributed by atoms with Crippen LogP contribution in [0.25, 0.3) is 0 Å². The number of hydrogen-bond acceptors (Lipinski definition) is 7. The van der Waals surface area contributed by atoms with E-state index < -0.39 is 9.84 Å². The average molecular weight is 331 g/mol. The minimum atomic E-state index is -2.97. The monoisotopic (exact) mass is 331 g/mol. The minimum absolute atomic E-state index is 0.0754. The Hall–Kier alpha value is -1.09. The van der Waals surface area contributed by atoms with Crippen LogP contribution in [0.1, 0.15) is 31.1 Å². The highest BCUT2D eigenvalue weighted by Crippen LogP contribution is 2.29. The number of nitrogens with zero attached hydrogens (tertiary/aromatic N) is 3. The first-order valence-electron chi connectivity index (χ1n) is 6.98. The predicted octanol–water partition coefficient (Wildman–Crippen LogP) is 0.686. The lowest BCUT2D eigenvalue weighted by Crippen LogP contribution is -2.29. The molecule has 1 aromatic rings. The van der Waals surface area contributed by atoms with Gasteiger partial charge in [0.15, 0.2) is 9.84 Å². The first-order valence-corrected chi connectivity index (χ1v) is 9.78. The summed E-state index contributed by atoms with van der Waals surface area (Å²) in [6.45, 7) is 1.66. The molecule has 0 bridgehead atoms. The molecule has 7 nitrogen and oxygen atoms in total. The quantitative estimate of drug-likeness (QED) is 0.749. The van der Waals surface area contributed by atoms with Crippen molar-refractivity contribution in [3.05, 3.63) is 5.89 Å². The molecule has 0 radical (unpaired) electrons. The molecule has 0 aliphatic carbocycles. The smallest absolute Gasteiger partial charge is 0.277 e. The molecule has 1 atom stereocenters. The van der Waals surface area contributed by atoms with Gasteiger partial charge in [-0.1, -0.05) is 11.8 Å². The molecule has 2 aliphatic heterocycles. The highest BCUT2D eigenvalue weighted by Gasteiger charge is 2.32. The summed E-state index contributed by atoms with van der Waals surface area (Å²) >= 11 is 1.21. The fraction of sp³-hybridized carbons (Fsp3) is 0.750. The van der Waals surface area contributed by atoms with E-state index in [1.54, 1.807) is 0 Å². The second-order valence-corrected chi connectivity index (χ2v) is 8.54. The third-order valence-electron chi connectivity index (χ3n) is 3.78. The number of hydrogen-bond donors (Lipinski definition) is 0. The fourth-order valence-electron chi connectivity index (χ4n) is 2.61. The fourth-order valence-corrected chi connectivity index (χ4v) is 5.02. The molecule has 0 N–H and O–H groups in total. The summed E-state index contributed by atoms with van der Waals surface area (Å²) < 4.78 is 28.4. The number of thioether (sulfide) groups is 1. The Labute approximate surface area is 127 Å². The van der Waals surface area contributed by atoms with E-state index in [4.69, 9.17) is 4.42 Å². The van der Waals surface area contributed by atoms with Crippen LogP contribution in [0, 0.1) is 0 Å². The zero-order valence-electron chi connectivity index (χ0n) is 11.5. The molecule has 2 aliphatic rings. The van der Waals surface area contributed by atoms with Crippen molar-refractivity contribution in [3.63, 3.8) is 0 Å². The molecule has 0 unspecified atom stereocenters. The van der Waals surface area contributed by atoms with Crippen LogP contribution >= 0.6 is 11.8 Å². The number of rotatable bonds is 4. The van der Waals surface area contributed by atoms with Gasteiger partial charge in [-0.3, -0.25) is 4.79 Å². The van der Waals surface area contributed by atoms with E-state index in [0.29, 0.717) is 17.5 Å². The van der Waals surface area contributed by atoms with Crippen molar-refractivity contribution in [2.45, 2.75) is 30.4 Å². The zero-order valence-corrected chi connectivity index (χ0v) is 13.2. The van der Waals surface area contributed by atoms with Crippen LogP contribution < -0.4 is 0 Å². The van der Waals surface area contributed by atoms with Gasteiger partial charge < -0.3 is 9.32 Å². The predicted molar refractivity (Wildman–Crippen MR) is 76.8 cm³/mol. The number of sulfone groups is 1. The molecule has 3 rings (SSSR count). The molecule has 3 heterocycles. The van der Waals surface area contributed by atoms with Crippen molar-refractivity contribution in [1.29, 1.82) is 0 Å². The van der Waals surface area contributed by atoms with Gasteiger partial charge in [-0.2, -0.15) is 0 Å². The highest BCUT2D eigenvalue weighted by molar-refractivity contribution is 7.99. The standard InChI is InChI=1S/C12H17N3O4S2/c16-10(15-4-1-2-5-15)7-20-12-14-13-11(19-12)9-3-6-21(17,18)8-9/h9H,1-8H2/t9-/m0/s1. The lowest BCUT2D eigenvalue weighted by Gasteiger charge is -2.13. The number of likely N-dealkylation sites (tertiary alicyclic amines) is 1. The summed E-state index contributed by atoms with van der Waals surface area (Å²) in [7, 11) is -2.97. The Morgan fingerprint density at radius 3 is 2.76 bits per heavy atom. The van der Waals surface area contributed by atoms with E-state index in [9.17, 15) is 13.2 Å². The second-order valence-electron chi connectivity index (χ2n) is 5.38. The number of amides is 1. The Bertz CT molecular complexity index is 622. The molecule has 1 amide bonds. The number of carbonyl (C=O) groups is 1. The van der Waals surface area contributed by atoms with Crippen molar-refractivity contribution in [1.82, 2.24) is 15.1 Å². The van der Waals surface area contributed by atoms with E-state index in [-0.39, 0.29) is 29.1 Å². The van der Waals surface area contributed by atoms with Crippen molar-refractivity contribution < 1.29 is 17.6 Å². The summed E-state index contributed by atoms with van der Waals surface area (Å²) in [4.78, 5) is 13.7. The maximum Gasteiger partial charge on any atom is 0.277 e. The first kappa shape index (κ1) is 14.8. The van der Waals surface area contributed by atoms with Crippen molar-refractivity contribution >= 4 is 27.5 Å².